The van der Waals surface area contributed by atoms with E-state index in [1.165, 1.54) is 22.9 Å². The van der Waals surface area contributed by atoms with Crippen LogP contribution in [0.2, 0.25) is 0 Å². The van der Waals surface area contributed by atoms with Gasteiger partial charge in [0.2, 0.25) is 0 Å². The van der Waals surface area contributed by atoms with Gasteiger partial charge in [-0.25, -0.2) is 4.79 Å². The summed E-state index contributed by atoms with van der Waals surface area (Å²) in [4.78, 5) is 16.8. The van der Waals surface area contributed by atoms with E-state index in [1.807, 2.05) is 0 Å². The van der Waals surface area contributed by atoms with Gasteiger partial charge in [-0.2, -0.15) is 31.1 Å². The Bertz CT molecular complexity index is 1570. The molecule has 2 aromatic carbocycles. The molecular weight excluding hydrogens is 624 g/mol. The topological polar surface area (TPSA) is 94.8 Å². The summed E-state index contributed by atoms with van der Waals surface area (Å²) in [5.41, 5.74) is -4.20. The minimum atomic E-state index is -5.10. The predicted molar refractivity (Wildman–Crippen MR) is 140 cm³/mol. The van der Waals surface area contributed by atoms with Gasteiger partial charge < -0.3 is 19.1 Å². The number of hydrogen-bond acceptors (Lipinski definition) is 8. The van der Waals surface area contributed by atoms with Gasteiger partial charge in [0.25, 0.3) is 5.95 Å². The van der Waals surface area contributed by atoms with Crippen LogP contribution in [0.4, 0.5) is 51.6 Å². The van der Waals surface area contributed by atoms with E-state index in [0.717, 1.165) is 10.9 Å². The first kappa shape index (κ1) is 32.0. The van der Waals surface area contributed by atoms with Crippen LogP contribution in [0.5, 0.6) is 11.5 Å². The van der Waals surface area contributed by atoms with E-state index >= 15 is 0 Å². The fraction of sp³-hybridized carbons (Fsp3) is 0.481. The molecule has 0 N–H and O–H groups in total. The molecule has 0 spiro atoms. The number of halogens is 8. The Hall–Kier alpha value is -4.38. The van der Waals surface area contributed by atoms with Crippen molar-refractivity contribution < 1.29 is 54.1 Å². The van der Waals surface area contributed by atoms with Gasteiger partial charge in [-0.3, -0.25) is 4.90 Å². The van der Waals surface area contributed by atoms with Crippen LogP contribution >= 0.6 is 0 Å². The molecule has 0 bridgehead atoms. The third-order valence-electron chi connectivity index (χ3n) is 6.80. The van der Waals surface area contributed by atoms with E-state index in [1.54, 1.807) is 20.8 Å². The molecule has 10 nitrogen and oxygen atoms in total. The maximum atomic E-state index is 14.1. The predicted octanol–water partition coefficient (Wildman–Crippen LogP) is 6.85. The zero-order valence-electron chi connectivity index (χ0n) is 24.1. The monoisotopic (exact) mass is 650 g/mol. The number of carbonyl (C=O) groups is 1. The summed E-state index contributed by atoms with van der Waals surface area (Å²) in [5, 5.41) is 11.8. The zero-order chi connectivity index (χ0) is 33.1. The number of alkyl halides is 8. The molecule has 2 aliphatic heterocycles. The number of aromatic nitrogens is 4. The number of nitrogens with zero attached hydrogens (tertiary/aromatic N) is 6. The van der Waals surface area contributed by atoms with Crippen molar-refractivity contribution in [3.8, 4) is 11.5 Å². The van der Waals surface area contributed by atoms with Gasteiger partial charge in [0, 0.05) is 24.7 Å². The standard InChI is InChI=1S/C27H26F8N6O4/c1-24(2,3)45-23(42)40-7-5-6-18(17-11-20-21(12-19(17)40)44-27(34,35)43-20)41(22-36-38-39(4)37-22)13-14-8-15(25(28,29)30)10-16(9-14)26(31,32)33/h8-12,18H,5-7,13H2,1-4H3. The van der Waals surface area contributed by atoms with Crippen LogP contribution in [-0.4, -0.2) is 44.7 Å². The Labute approximate surface area is 250 Å². The molecule has 1 amide bonds. The molecule has 0 saturated carbocycles. The van der Waals surface area contributed by atoms with Gasteiger partial charge in [-0.15, -0.1) is 13.9 Å². The highest BCUT2D eigenvalue weighted by molar-refractivity contribution is 5.90. The number of rotatable bonds is 4. The number of ether oxygens (including phenoxy) is 3. The summed E-state index contributed by atoms with van der Waals surface area (Å²) in [6.07, 6.45) is -14.7. The van der Waals surface area contributed by atoms with E-state index in [-0.39, 0.29) is 42.7 Å². The fourth-order valence-corrected chi connectivity index (χ4v) is 5.07. The summed E-state index contributed by atoms with van der Waals surface area (Å²) in [6, 6.07) is 2.48. The van der Waals surface area contributed by atoms with Gasteiger partial charge in [-0.05, 0) is 68.7 Å². The highest BCUT2D eigenvalue weighted by Gasteiger charge is 2.46. The summed E-state index contributed by atoms with van der Waals surface area (Å²) in [6.45, 7) is 4.28. The summed E-state index contributed by atoms with van der Waals surface area (Å²) < 4.78 is 125. The number of anilines is 2. The van der Waals surface area contributed by atoms with Crippen LogP contribution in [-0.2, 0) is 30.7 Å². The summed E-state index contributed by atoms with van der Waals surface area (Å²) in [7, 11) is 1.39. The molecule has 2 aliphatic rings. The number of fused-ring (bicyclic) bond motifs is 2. The minimum Gasteiger partial charge on any atom is -0.443 e. The van der Waals surface area contributed by atoms with Crippen molar-refractivity contribution in [2.75, 3.05) is 16.3 Å². The molecular formula is C27H26F8N6O4. The largest absolute Gasteiger partial charge is 0.586 e. The van der Waals surface area contributed by atoms with Crippen LogP contribution in [0.3, 0.4) is 0 Å². The van der Waals surface area contributed by atoms with Crippen molar-refractivity contribution in [1.29, 1.82) is 0 Å². The molecule has 0 aliphatic carbocycles. The van der Waals surface area contributed by atoms with E-state index < -0.39 is 71.1 Å². The maximum absolute atomic E-state index is 14.1. The lowest BCUT2D eigenvalue weighted by atomic mass is 9.97. The Morgan fingerprint density at radius 2 is 1.60 bits per heavy atom. The molecule has 0 radical (unpaired) electrons. The number of hydrogen-bond donors (Lipinski definition) is 0. The van der Waals surface area contributed by atoms with Crippen LogP contribution < -0.4 is 19.3 Å². The first-order valence-corrected chi connectivity index (χ1v) is 13.4. The average molecular weight is 651 g/mol. The second kappa shape index (κ2) is 10.9. The van der Waals surface area contributed by atoms with Gasteiger partial charge in [-0.1, -0.05) is 5.10 Å². The smallest absolute Gasteiger partial charge is 0.443 e. The maximum Gasteiger partial charge on any atom is 0.586 e. The third kappa shape index (κ3) is 6.98. The van der Waals surface area contributed by atoms with Crippen molar-refractivity contribution in [3.63, 3.8) is 0 Å². The molecule has 1 unspecified atom stereocenters. The van der Waals surface area contributed by atoms with Gasteiger partial charge >= 0.3 is 24.7 Å². The molecule has 1 atom stereocenters. The number of benzene rings is 2. The summed E-state index contributed by atoms with van der Waals surface area (Å²) in [5.74, 6) is -0.988. The number of tetrazole rings is 1. The van der Waals surface area contributed by atoms with Crippen molar-refractivity contribution in [3.05, 3.63) is 52.6 Å². The molecule has 5 rings (SSSR count). The SMILES string of the molecule is Cn1nnc(N(Cc2cc(C(F)(F)F)cc(C(F)(F)F)c2)C2CCCN(C(=O)OC(C)(C)C)c3cc4c(cc32)OC(F)(F)O4)n1. The van der Waals surface area contributed by atoms with Gasteiger partial charge in [0.15, 0.2) is 11.5 Å². The lowest BCUT2D eigenvalue weighted by molar-refractivity contribution is -0.286. The normalized spacial score (nSPS) is 18.0. The Balaban J connectivity index is 1.66. The number of carbonyl (C=O) groups excluding carboxylic acids is 1. The van der Waals surface area contributed by atoms with E-state index in [0.29, 0.717) is 12.1 Å². The highest BCUT2D eigenvalue weighted by Crippen LogP contribution is 2.49. The Morgan fingerprint density at radius 1 is 1.00 bits per heavy atom. The molecule has 3 aromatic rings. The molecule has 0 fully saturated rings. The second-order valence-corrected chi connectivity index (χ2v) is 11.4. The third-order valence-corrected chi connectivity index (χ3v) is 6.80. The van der Waals surface area contributed by atoms with Crippen LogP contribution in [0.25, 0.3) is 0 Å². The zero-order valence-corrected chi connectivity index (χ0v) is 24.1. The average Bonchev–Trinajstić information content (AvgIpc) is 3.39. The van der Waals surface area contributed by atoms with Crippen molar-refractivity contribution in [2.24, 2.45) is 7.05 Å². The van der Waals surface area contributed by atoms with Crippen molar-refractivity contribution in [2.45, 2.75) is 70.4 Å². The second-order valence-electron chi connectivity index (χ2n) is 11.4. The van der Waals surface area contributed by atoms with Gasteiger partial charge in [0.05, 0.1) is 29.9 Å². The molecule has 45 heavy (non-hydrogen) atoms. The van der Waals surface area contributed by atoms with E-state index in [4.69, 9.17) is 4.74 Å². The number of amides is 1. The quantitative estimate of drug-likeness (QED) is 0.283. The van der Waals surface area contributed by atoms with Crippen molar-refractivity contribution >= 4 is 17.7 Å². The van der Waals surface area contributed by atoms with Crippen LogP contribution in [0.1, 0.15) is 61.9 Å². The first-order valence-electron chi connectivity index (χ1n) is 13.4. The highest BCUT2D eigenvalue weighted by atomic mass is 19.4. The minimum absolute atomic E-state index is 0.00882. The van der Waals surface area contributed by atoms with E-state index in [9.17, 15) is 39.9 Å². The lowest BCUT2D eigenvalue weighted by Gasteiger charge is -2.32. The molecule has 244 valence electrons. The lowest BCUT2D eigenvalue weighted by Crippen LogP contribution is -2.37. The van der Waals surface area contributed by atoms with Crippen molar-refractivity contribution in [1.82, 2.24) is 20.2 Å². The van der Waals surface area contributed by atoms with Crippen LogP contribution in [0, 0.1) is 0 Å². The number of aryl methyl sites for hydroxylation is 1. The fourth-order valence-electron chi connectivity index (χ4n) is 5.07. The Morgan fingerprint density at radius 3 is 2.13 bits per heavy atom. The van der Waals surface area contributed by atoms with Gasteiger partial charge in [0.1, 0.15) is 5.60 Å². The van der Waals surface area contributed by atoms with Crippen LogP contribution in [0.15, 0.2) is 30.3 Å². The van der Waals surface area contributed by atoms with E-state index in [2.05, 4.69) is 24.9 Å². The summed E-state index contributed by atoms with van der Waals surface area (Å²) >= 11 is 0. The molecule has 0 saturated heterocycles. The molecule has 3 heterocycles. The Kier molecular flexibility index (Phi) is 7.76. The molecule has 18 heteroatoms. The first-order chi connectivity index (χ1) is 20.7. The molecule has 1 aromatic heterocycles.